The molecule has 0 aliphatic carbocycles. The Kier molecular flexibility index (Phi) is 8.43. The number of aliphatic hydroxyl groups is 1. The van der Waals surface area contributed by atoms with Gasteiger partial charge in [-0.3, -0.25) is 4.79 Å². The van der Waals surface area contributed by atoms with E-state index in [0.29, 0.717) is 13.2 Å². The van der Waals surface area contributed by atoms with Crippen molar-refractivity contribution in [3.63, 3.8) is 0 Å². The van der Waals surface area contributed by atoms with Gasteiger partial charge in [0.25, 0.3) is 0 Å². The summed E-state index contributed by atoms with van der Waals surface area (Å²) in [5.41, 5.74) is 5.33. The van der Waals surface area contributed by atoms with E-state index >= 15 is 0 Å². The van der Waals surface area contributed by atoms with Gasteiger partial charge in [-0.05, 0) is 6.42 Å². The molecule has 0 rings (SSSR count). The topological polar surface area (TPSA) is 72.6 Å². The Hall–Kier alpha value is -0.100. The number of ether oxygens (including phenoxy) is 1. The van der Waals surface area contributed by atoms with E-state index in [0.717, 1.165) is 12.2 Å². The zero-order chi connectivity index (χ0) is 10.1. The molecule has 0 amide bonds. The molecule has 4 nitrogen and oxygen atoms in total. The van der Waals surface area contributed by atoms with Crippen LogP contribution >= 0.6 is 11.8 Å². The van der Waals surface area contributed by atoms with Crippen molar-refractivity contribution in [2.75, 3.05) is 25.7 Å². The number of nitrogens with two attached hydrogens (primary N) is 1. The summed E-state index contributed by atoms with van der Waals surface area (Å²) in [5.74, 6) is 0.659. The molecular formula is C8H17NO3S. The molecule has 13 heavy (non-hydrogen) atoms. The third-order valence-corrected chi connectivity index (χ3v) is 2.70. The second kappa shape index (κ2) is 8.50. The molecule has 0 heterocycles. The Morgan fingerprint density at radius 3 is 2.92 bits per heavy atom. The minimum Gasteiger partial charge on any atom is -0.371 e. The summed E-state index contributed by atoms with van der Waals surface area (Å²) in [6.45, 7) is 2.46. The van der Waals surface area contributed by atoms with Gasteiger partial charge < -0.3 is 15.6 Å². The lowest BCUT2D eigenvalue weighted by atomic mass is 10.2. The lowest BCUT2D eigenvalue weighted by molar-refractivity contribution is -0.113. The van der Waals surface area contributed by atoms with E-state index in [1.807, 2.05) is 6.92 Å². The van der Waals surface area contributed by atoms with Gasteiger partial charge in [-0.2, -0.15) is 0 Å². The number of hydrogen-bond donors (Lipinski definition) is 2. The Labute approximate surface area is 82.8 Å². The van der Waals surface area contributed by atoms with Crippen LogP contribution in [0.4, 0.5) is 0 Å². The van der Waals surface area contributed by atoms with E-state index in [1.54, 1.807) is 0 Å². The molecule has 0 aromatic carbocycles. The molecule has 0 saturated carbocycles. The normalized spacial score (nSPS) is 12.8. The summed E-state index contributed by atoms with van der Waals surface area (Å²) in [5, 5.41) is 8.42. The van der Waals surface area contributed by atoms with Crippen LogP contribution in [0.5, 0.6) is 0 Å². The Morgan fingerprint density at radius 1 is 1.69 bits per heavy atom. The van der Waals surface area contributed by atoms with Crippen LogP contribution < -0.4 is 5.73 Å². The number of thioether (sulfide) groups is 1. The van der Waals surface area contributed by atoms with E-state index in [9.17, 15) is 4.79 Å². The van der Waals surface area contributed by atoms with Crippen LogP contribution in [-0.2, 0) is 9.53 Å². The maximum absolute atomic E-state index is 11.2. The summed E-state index contributed by atoms with van der Waals surface area (Å²) >= 11 is 1.28. The highest BCUT2D eigenvalue weighted by atomic mass is 32.2. The van der Waals surface area contributed by atoms with E-state index < -0.39 is 0 Å². The van der Waals surface area contributed by atoms with Gasteiger partial charge in [-0.15, -0.1) is 0 Å². The molecule has 0 aliphatic heterocycles. The smallest absolute Gasteiger partial charge is 0.193 e. The Morgan fingerprint density at radius 2 is 2.38 bits per heavy atom. The highest BCUT2D eigenvalue weighted by Crippen LogP contribution is 2.10. The van der Waals surface area contributed by atoms with Gasteiger partial charge in [-0.1, -0.05) is 18.7 Å². The predicted octanol–water partition coefficient (Wildman–Crippen LogP) is 0.198. The van der Waals surface area contributed by atoms with E-state index in [1.165, 1.54) is 11.8 Å². The summed E-state index contributed by atoms with van der Waals surface area (Å²) in [4.78, 5) is 11.2. The summed E-state index contributed by atoms with van der Waals surface area (Å²) in [7, 11) is 0. The predicted molar refractivity (Wildman–Crippen MR) is 53.3 cm³/mol. The molecule has 0 aromatic rings. The Bertz CT molecular complexity index is 143. The van der Waals surface area contributed by atoms with E-state index in [-0.39, 0.29) is 17.8 Å². The molecule has 0 saturated heterocycles. The average Bonchev–Trinajstić information content (AvgIpc) is 2.16. The first-order valence-corrected chi connectivity index (χ1v) is 5.26. The molecule has 78 valence electrons. The number of rotatable bonds is 7. The number of aliphatic hydroxyl groups excluding tert-OH is 1. The molecule has 0 spiro atoms. The Balaban J connectivity index is 3.27. The first-order chi connectivity index (χ1) is 6.22. The van der Waals surface area contributed by atoms with Gasteiger partial charge in [0.15, 0.2) is 5.12 Å². The molecule has 5 heteroatoms. The van der Waals surface area contributed by atoms with Crippen LogP contribution in [0.2, 0.25) is 0 Å². The molecule has 1 unspecified atom stereocenters. The minimum absolute atomic E-state index is 0.0660. The summed E-state index contributed by atoms with van der Waals surface area (Å²) in [6.07, 6.45) is 0.772. The first-order valence-electron chi connectivity index (χ1n) is 4.27. The number of carbonyl (C=O) groups is 1. The van der Waals surface area contributed by atoms with Crippen LogP contribution in [0.25, 0.3) is 0 Å². The van der Waals surface area contributed by atoms with Crippen molar-refractivity contribution in [2.24, 2.45) is 11.7 Å². The van der Waals surface area contributed by atoms with Gasteiger partial charge in [0.2, 0.25) is 0 Å². The summed E-state index contributed by atoms with van der Waals surface area (Å²) < 4.78 is 4.71. The van der Waals surface area contributed by atoms with Crippen LogP contribution in [0, 0.1) is 5.92 Å². The maximum Gasteiger partial charge on any atom is 0.193 e. The molecule has 0 fully saturated rings. The monoisotopic (exact) mass is 207 g/mol. The van der Waals surface area contributed by atoms with Gasteiger partial charge in [0.05, 0.1) is 6.61 Å². The second-order valence-electron chi connectivity index (χ2n) is 2.70. The second-order valence-corrected chi connectivity index (χ2v) is 3.79. The molecule has 3 N–H and O–H groups in total. The van der Waals surface area contributed by atoms with Crippen molar-refractivity contribution in [3.8, 4) is 0 Å². The van der Waals surface area contributed by atoms with Gasteiger partial charge in [-0.25, -0.2) is 0 Å². The molecule has 0 aromatic heterocycles. The van der Waals surface area contributed by atoms with Crippen molar-refractivity contribution < 1.29 is 14.6 Å². The highest BCUT2D eigenvalue weighted by molar-refractivity contribution is 8.13. The SMILES string of the molecule is CC(CN)C(=O)SCCCOCO. The van der Waals surface area contributed by atoms with Crippen LogP contribution in [0.15, 0.2) is 0 Å². The molecular weight excluding hydrogens is 190 g/mol. The van der Waals surface area contributed by atoms with Crippen molar-refractivity contribution in [1.82, 2.24) is 0 Å². The standard InChI is InChI=1S/C8H17NO3S/c1-7(5-9)8(11)13-4-2-3-12-6-10/h7,10H,2-6,9H2,1H3. The summed E-state index contributed by atoms with van der Waals surface area (Å²) in [6, 6.07) is 0. The van der Waals surface area contributed by atoms with Crippen molar-refractivity contribution in [3.05, 3.63) is 0 Å². The van der Waals surface area contributed by atoms with Crippen molar-refractivity contribution in [1.29, 1.82) is 0 Å². The zero-order valence-corrected chi connectivity index (χ0v) is 8.68. The van der Waals surface area contributed by atoms with Crippen LogP contribution in [-0.4, -0.2) is 35.9 Å². The fourth-order valence-corrected chi connectivity index (χ4v) is 1.48. The molecule has 0 bridgehead atoms. The fourth-order valence-electron chi connectivity index (χ4n) is 0.637. The van der Waals surface area contributed by atoms with Gasteiger partial charge >= 0.3 is 0 Å². The average molecular weight is 207 g/mol. The quantitative estimate of drug-likeness (QED) is 0.461. The first kappa shape index (κ1) is 12.9. The fraction of sp³-hybridized carbons (Fsp3) is 0.875. The van der Waals surface area contributed by atoms with Crippen molar-refractivity contribution >= 4 is 16.9 Å². The zero-order valence-electron chi connectivity index (χ0n) is 7.86. The van der Waals surface area contributed by atoms with Gasteiger partial charge in [0, 0.05) is 18.2 Å². The minimum atomic E-state index is -0.252. The third kappa shape index (κ3) is 7.01. The van der Waals surface area contributed by atoms with Crippen molar-refractivity contribution in [2.45, 2.75) is 13.3 Å². The van der Waals surface area contributed by atoms with Crippen LogP contribution in [0.1, 0.15) is 13.3 Å². The van der Waals surface area contributed by atoms with E-state index in [2.05, 4.69) is 0 Å². The van der Waals surface area contributed by atoms with E-state index in [4.69, 9.17) is 15.6 Å². The maximum atomic E-state index is 11.2. The molecule has 1 atom stereocenters. The molecule has 0 aliphatic rings. The lowest BCUT2D eigenvalue weighted by Crippen LogP contribution is -2.18. The third-order valence-electron chi connectivity index (χ3n) is 1.52. The molecule has 0 radical (unpaired) electrons. The number of carbonyl (C=O) groups excluding carboxylic acids is 1. The number of hydrogen-bond acceptors (Lipinski definition) is 5. The largest absolute Gasteiger partial charge is 0.371 e. The lowest BCUT2D eigenvalue weighted by Gasteiger charge is -2.05. The van der Waals surface area contributed by atoms with Crippen LogP contribution in [0.3, 0.4) is 0 Å². The van der Waals surface area contributed by atoms with Gasteiger partial charge in [0.1, 0.15) is 6.79 Å². The highest BCUT2D eigenvalue weighted by Gasteiger charge is 2.10.